The average Bonchev–Trinajstić information content (AvgIpc) is 2.28. The van der Waals surface area contributed by atoms with Crippen LogP contribution >= 0.6 is 0 Å². The Morgan fingerprint density at radius 3 is 2.50 bits per heavy atom. The molecule has 0 atom stereocenters. The van der Waals surface area contributed by atoms with Crippen molar-refractivity contribution in [2.45, 2.75) is 6.54 Å². The van der Waals surface area contributed by atoms with Crippen LogP contribution in [0.2, 0.25) is 0 Å². The third kappa shape index (κ3) is 4.56. The number of amides is 3. The molecule has 0 aliphatic carbocycles. The fourth-order valence-corrected chi connectivity index (χ4v) is 1.15. The third-order valence-corrected chi connectivity index (χ3v) is 1.89. The summed E-state index contributed by atoms with van der Waals surface area (Å²) in [5.41, 5.74) is 0.985. The quantitative estimate of drug-likeness (QED) is 0.681. The third-order valence-electron chi connectivity index (χ3n) is 1.89. The van der Waals surface area contributed by atoms with Gasteiger partial charge in [0.25, 0.3) is 0 Å². The summed E-state index contributed by atoms with van der Waals surface area (Å²) in [5.74, 6) is -0.354. The Hall–Kier alpha value is -1.88. The lowest BCUT2D eigenvalue weighted by Crippen LogP contribution is -2.42. The maximum absolute atomic E-state index is 11.2. The number of likely N-dealkylation sites (N-methyl/N-ethyl adjacent to an activating group) is 1. The molecule has 16 heavy (non-hydrogen) atoms. The highest BCUT2D eigenvalue weighted by atomic mass is 16.2. The smallest absolute Gasteiger partial charge is 0.321 e. The number of nitrogens with one attached hydrogen (secondary N) is 3. The van der Waals surface area contributed by atoms with Crippen LogP contribution < -0.4 is 16.0 Å². The number of imide groups is 1. The minimum Gasteiger partial charge on any atom is -0.334 e. The highest BCUT2D eigenvalue weighted by molar-refractivity contribution is 5.95. The fourth-order valence-electron chi connectivity index (χ4n) is 1.15. The number of benzene rings is 1. The molecule has 0 aliphatic rings. The lowest BCUT2D eigenvalue weighted by molar-refractivity contribution is -0.119. The summed E-state index contributed by atoms with van der Waals surface area (Å²) in [4.78, 5) is 22.3. The lowest BCUT2D eigenvalue weighted by atomic mass is 10.2. The van der Waals surface area contributed by atoms with Crippen molar-refractivity contribution in [1.29, 1.82) is 0 Å². The molecule has 3 N–H and O–H groups in total. The zero-order chi connectivity index (χ0) is 11.8. The number of rotatable bonds is 4. The van der Waals surface area contributed by atoms with Crippen molar-refractivity contribution in [3.05, 3.63) is 35.9 Å². The van der Waals surface area contributed by atoms with Crippen LogP contribution in [0.5, 0.6) is 0 Å². The second-order valence-corrected chi connectivity index (χ2v) is 3.25. The summed E-state index contributed by atoms with van der Waals surface area (Å²) >= 11 is 0. The molecule has 0 fully saturated rings. The van der Waals surface area contributed by atoms with Crippen LogP contribution in [0.4, 0.5) is 4.79 Å². The molecular weight excluding hydrogens is 206 g/mol. The minimum atomic E-state index is -0.482. The van der Waals surface area contributed by atoms with Crippen molar-refractivity contribution in [2.75, 3.05) is 13.6 Å². The van der Waals surface area contributed by atoms with Crippen molar-refractivity contribution in [2.24, 2.45) is 0 Å². The number of hydrogen-bond acceptors (Lipinski definition) is 3. The Morgan fingerprint density at radius 1 is 1.19 bits per heavy atom. The van der Waals surface area contributed by atoms with Gasteiger partial charge in [-0.15, -0.1) is 0 Å². The maximum Gasteiger partial charge on any atom is 0.321 e. The summed E-state index contributed by atoms with van der Waals surface area (Å²) in [7, 11) is 1.64. The molecular formula is C11H15N3O2. The van der Waals surface area contributed by atoms with E-state index in [1.165, 1.54) is 0 Å². The van der Waals surface area contributed by atoms with Gasteiger partial charge in [0, 0.05) is 6.54 Å². The number of carbonyl (C=O) groups excluding carboxylic acids is 2. The summed E-state index contributed by atoms with van der Waals surface area (Å²) in [5, 5.41) is 7.44. The van der Waals surface area contributed by atoms with E-state index in [1.807, 2.05) is 30.3 Å². The SMILES string of the molecule is CNCC(=O)NC(=O)NCc1ccccc1. The molecule has 0 aliphatic heterocycles. The molecule has 0 spiro atoms. The van der Waals surface area contributed by atoms with Crippen molar-refractivity contribution >= 4 is 11.9 Å². The van der Waals surface area contributed by atoms with Crippen molar-refractivity contribution in [3.63, 3.8) is 0 Å². The van der Waals surface area contributed by atoms with Gasteiger partial charge in [0.05, 0.1) is 6.54 Å². The monoisotopic (exact) mass is 221 g/mol. The average molecular weight is 221 g/mol. The predicted molar refractivity (Wildman–Crippen MR) is 60.7 cm³/mol. The summed E-state index contributed by atoms with van der Waals surface area (Å²) in [6, 6.07) is 9.00. The maximum atomic E-state index is 11.2. The Balaban J connectivity index is 2.28. The van der Waals surface area contributed by atoms with Crippen molar-refractivity contribution < 1.29 is 9.59 Å². The van der Waals surface area contributed by atoms with Crippen molar-refractivity contribution in [3.8, 4) is 0 Å². The predicted octanol–water partition coefficient (Wildman–Crippen LogP) is 0.232. The zero-order valence-electron chi connectivity index (χ0n) is 9.12. The molecule has 0 aromatic heterocycles. The highest BCUT2D eigenvalue weighted by Crippen LogP contribution is 1.96. The summed E-state index contributed by atoms with van der Waals surface area (Å²) in [6.07, 6.45) is 0. The van der Waals surface area contributed by atoms with Crippen LogP contribution in [0.1, 0.15) is 5.56 Å². The van der Waals surface area contributed by atoms with E-state index in [9.17, 15) is 9.59 Å². The first-order valence-electron chi connectivity index (χ1n) is 4.98. The first-order chi connectivity index (χ1) is 7.72. The van der Waals surface area contributed by atoms with E-state index in [1.54, 1.807) is 7.05 Å². The molecule has 0 saturated heterocycles. The van der Waals surface area contributed by atoms with E-state index in [-0.39, 0.29) is 12.5 Å². The van der Waals surface area contributed by atoms with Gasteiger partial charge in [-0.05, 0) is 12.6 Å². The van der Waals surface area contributed by atoms with Crippen LogP contribution in [0, 0.1) is 0 Å². The van der Waals surface area contributed by atoms with E-state index >= 15 is 0 Å². The number of carbonyl (C=O) groups is 2. The summed E-state index contributed by atoms with van der Waals surface area (Å²) in [6.45, 7) is 0.526. The van der Waals surface area contributed by atoms with Gasteiger partial charge in [0.1, 0.15) is 0 Å². The fraction of sp³-hybridized carbons (Fsp3) is 0.273. The molecule has 0 unspecified atom stereocenters. The van der Waals surface area contributed by atoms with E-state index < -0.39 is 6.03 Å². The van der Waals surface area contributed by atoms with Gasteiger partial charge >= 0.3 is 6.03 Å². The number of hydrogen-bond donors (Lipinski definition) is 3. The highest BCUT2D eigenvalue weighted by Gasteiger charge is 2.05. The first-order valence-corrected chi connectivity index (χ1v) is 4.98. The number of urea groups is 1. The molecule has 5 heteroatoms. The molecule has 3 amide bonds. The second kappa shape index (κ2) is 6.58. The Bertz CT molecular complexity index is 352. The molecule has 1 aromatic rings. The molecule has 0 bridgehead atoms. The van der Waals surface area contributed by atoms with Crippen LogP contribution in [0.25, 0.3) is 0 Å². The lowest BCUT2D eigenvalue weighted by Gasteiger charge is -2.06. The zero-order valence-corrected chi connectivity index (χ0v) is 9.12. The van der Waals surface area contributed by atoms with E-state index in [0.717, 1.165) is 5.56 Å². The molecule has 0 saturated carbocycles. The van der Waals surface area contributed by atoms with Gasteiger partial charge in [-0.2, -0.15) is 0 Å². The van der Waals surface area contributed by atoms with Crippen LogP contribution in [-0.2, 0) is 11.3 Å². The van der Waals surface area contributed by atoms with Gasteiger partial charge in [-0.1, -0.05) is 30.3 Å². The molecule has 0 radical (unpaired) electrons. The molecule has 1 rings (SSSR count). The molecule has 0 heterocycles. The van der Waals surface area contributed by atoms with Gasteiger partial charge in [0.15, 0.2) is 0 Å². The van der Waals surface area contributed by atoms with E-state index in [0.29, 0.717) is 6.54 Å². The first kappa shape index (κ1) is 12.2. The van der Waals surface area contributed by atoms with E-state index in [4.69, 9.17) is 0 Å². The topological polar surface area (TPSA) is 70.2 Å². The molecule has 5 nitrogen and oxygen atoms in total. The second-order valence-electron chi connectivity index (χ2n) is 3.25. The van der Waals surface area contributed by atoms with Crippen molar-refractivity contribution in [1.82, 2.24) is 16.0 Å². The van der Waals surface area contributed by atoms with Crippen LogP contribution in [-0.4, -0.2) is 25.5 Å². The van der Waals surface area contributed by atoms with Gasteiger partial charge in [0.2, 0.25) is 5.91 Å². The van der Waals surface area contributed by atoms with Gasteiger partial charge < -0.3 is 10.6 Å². The molecule has 86 valence electrons. The van der Waals surface area contributed by atoms with Gasteiger partial charge in [-0.25, -0.2) is 4.79 Å². The summed E-state index contributed by atoms with van der Waals surface area (Å²) < 4.78 is 0. The largest absolute Gasteiger partial charge is 0.334 e. The molecule has 1 aromatic carbocycles. The Labute approximate surface area is 94.2 Å². The normalized spacial score (nSPS) is 9.56. The Morgan fingerprint density at radius 2 is 1.88 bits per heavy atom. The standard InChI is InChI=1S/C11H15N3O2/c1-12-8-10(15)14-11(16)13-7-9-5-3-2-4-6-9/h2-6,12H,7-8H2,1H3,(H2,13,14,15,16). The minimum absolute atomic E-state index is 0.124. The Kier molecular flexibility index (Phi) is 5.01. The van der Waals surface area contributed by atoms with Crippen LogP contribution in [0.3, 0.4) is 0 Å². The van der Waals surface area contributed by atoms with Gasteiger partial charge in [-0.3, -0.25) is 10.1 Å². The van der Waals surface area contributed by atoms with E-state index in [2.05, 4.69) is 16.0 Å². The van der Waals surface area contributed by atoms with Crippen LogP contribution in [0.15, 0.2) is 30.3 Å².